The summed E-state index contributed by atoms with van der Waals surface area (Å²) < 4.78 is 27.1. The van der Waals surface area contributed by atoms with Crippen LogP contribution in [0.5, 0.6) is 0 Å². The molecule has 1 atom stereocenters. The highest BCUT2D eigenvalue weighted by atomic mass is 32.2. The van der Waals surface area contributed by atoms with Crippen LogP contribution in [-0.2, 0) is 19.6 Å². The maximum atomic E-state index is 13.0. The molecule has 2 heterocycles. The standard InChI is InChI=1S/C22H25N3O4S/c1-17-7-9-20(10-8-17)30(28,29)24-13-11-23(12-14-24)22(27)18-15-21(26)25(16-18)19-5-3-2-4-6-19/h2-10,18H,11-16H2,1H3. The van der Waals surface area contributed by atoms with Gasteiger partial charge in [-0.3, -0.25) is 9.59 Å². The molecule has 2 aliphatic rings. The van der Waals surface area contributed by atoms with E-state index in [1.54, 1.807) is 34.1 Å². The fraction of sp³-hybridized carbons (Fsp3) is 0.364. The molecule has 2 saturated heterocycles. The van der Waals surface area contributed by atoms with Gasteiger partial charge in [-0.25, -0.2) is 8.42 Å². The summed E-state index contributed by atoms with van der Waals surface area (Å²) in [6, 6.07) is 16.1. The zero-order valence-corrected chi connectivity index (χ0v) is 17.7. The number of carbonyl (C=O) groups is 2. The van der Waals surface area contributed by atoms with Crippen molar-refractivity contribution in [2.45, 2.75) is 18.2 Å². The van der Waals surface area contributed by atoms with E-state index in [9.17, 15) is 18.0 Å². The van der Waals surface area contributed by atoms with Crippen LogP contribution in [0.1, 0.15) is 12.0 Å². The van der Waals surface area contributed by atoms with Crippen LogP contribution in [0, 0.1) is 12.8 Å². The first-order valence-corrected chi connectivity index (χ1v) is 11.5. The Hall–Kier alpha value is -2.71. The summed E-state index contributed by atoms with van der Waals surface area (Å²) in [7, 11) is -3.57. The molecule has 30 heavy (non-hydrogen) atoms. The number of sulfonamides is 1. The molecule has 0 radical (unpaired) electrons. The van der Waals surface area contributed by atoms with E-state index in [0.717, 1.165) is 11.3 Å². The molecule has 8 heteroatoms. The van der Waals surface area contributed by atoms with Crippen molar-refractivity contribution in [3.8, 4) is 0 Å². The number of hydrogen-bond acceptors (Lipinski definition) is 4. The highest BCUT2D eigenvalue weighted by Gasteiger charge is 2.39. The molecular formula is C22H25N3O4S. The van der Waals surface area contributed by atoms with Crippen LogP contribution in [0.2, 0.25) is 0 Å². The molecular weight excluding hydrogens is 402 g/mol. The summed E-state index contributed by atoms with van der Waals surface area (Å²) >= 11 is 0. The van der Waals surface area contributed by atoms with Gasteiger partial charge in [0.2, 0.25) is 21.8 Å². The van der Waals surface area contributed by atoms with Crippen molar-refractivity contribution in [3.63, 3.8) is 0 Å². The second-order valence-corrected chi connectivity index (χ2v) is 9.72. The van der Waals surface area contributed by atoms with Crippen molar-refractivity contribution < 1.29 is 18.0 Å². The van der Waals surface area contributed by atoms with E-state index in [0.29, 0.717) is 19.6 Å². The van der Waals surface area contributed by atoms with E-state index < -0.39 is 15.9 Å². The summed E-state index contributed by atoms with van der Waals surface area (Å²) in [6.45, 7) is 3.45. The van der Waals surface area contributed by atoms with Crippen molar-refractivity contribution in [3.05, 3.63) is 60.2 Å². The Bertz CT molecular complexity index is 1030. The van der Waals surface area contributed by atoms with Crippen LogP contribution in [0.3, 0.4) is 0 Å². The van der Waals surface area contributed by atoms with Crippen LogP contribution in [-0.4, -0.2) is 62.2 Å². The number of benzene rings is 2. The maximum absolute atomic E-state index is 13.0. The van der Waals surface area contributed by atoms with Crippen LogP contribution in [0.25, 0.3) is 0 Å². The van der Waals surface area contributed by atoms with E-state index in [4.69, 9.17) is 0 Å². The van der Waals surface area contributed by atoms with Crippen molar-refractivity contribution in [2.24, 2.45) is 5.92 Å². The molecule has 2 fully saturated rings. The molecule has 0 aliphatic carbocycles. The number of para-hydroxylation sites is 1. The van der Waals surface area contributed by atoms with E-state index >= 15 is 0 Å². The Kier molecular flexibility index (Phi) is 5.62. The van der Waals surface area contributed by atoms with E-state index in [-0.39, 0.29) is 36.2 Å². The maximum Gasteiger partial charge on any atom is 0.243 e. The largest absolute Gasteiger partial charge is 0.340 e. The minimum absolute atomic E-state index is 0.0554. The third-order valence-electron chi connectivity index (χ3n) is 5.75. The number of carbonyl (C=O) groups excluding carboxylic acids is 2. The molecule has 0 N–H and O–H groups in total. The molecule has 158 valence electrons. The molecule has 0 spiro atoms. The average Bonchev–Trinajstić information content (AvgIpc) is 3.16. The first-order valence-electron chi connectivity index (χ1n) is 10.1. The highest BCUT2D eigenvalue weighted by Crippen LogP contribution is 2.27. The predicted molar refractivity (Wildman–Crippen MR) is 113 cm³/mol. The van der Waals surface area contributed by atoms with Gasteiger partial charge in [0.1, 0.15) is 0 Å². The Balaban J connectivity index is 1.38. The van der Waals surface area contributed by atoms with Crippen molar-refractivity contribution in [1.29, 1.82) is 0 Å². The molecule has 0 bridgehead atoms. The van der Waals surface area contributed by atoms with Gasteiger partial charge in [-0.15, -0.1) is 0 Å². The first kappa shape index (κ1) is 20.6. The third kappa shape index (κ3) is 3.97. The van der Waals surface area contributed by atoms with Gasteiger partial charge in [-0.2, -0.15) is 4.31 Å². The Morgan fingerprint density at radius 3 is 2.20 bits per heavy atom. The van der Waals surface area contributed by atoms with Gasteiger partial charge in [0.05, 0.1) is 10.8 Å². The van der Waals surface area contributed by atoms with Gasteiger partial charge < -0.3 is 9.80 Å². The monoisotopic (exact) mass is 427 g/mol. The number of anilines is 1. The molecule has 0 saturated carbocycles. The third-order valence-corrected chi connectivity index (χ3v) is 7.66. The van der Waals surface area contributed by atoms with Crippen LogP contribution in [0.15, 0.2) is 59.5 Å². The number of aryl methyl sites for hydroxylation is 1. The van der Waals surface area contributed by atoms with E-state index in [1.807, 2.05) is 37.3 Å². The summed E-state index contributed by atoms with van der Waals surface area (Å²) in [5.41, 5.74) is 1.80. The summed E-state index contributed by atoms with van der Waals surface area (Å²) in [5, 5.41) is 0. The number of hydrogen-bond donors (Lipinski definition) is 0. The Labute approximate surface area is 176 Å². The van der Waals surface area contributed by atoms with Gasteiger partial charge in [-0.1, -0.05) is 35.9 Å². The average molecular weight is 428 g/mol. The second kappa shape index (κ2) is 8.20. The Morgan fingerprint density at radius 1 is 0.933 bits per heavy atom. The van der Waals surface area contributed by atoms with Crippen molar-refractivity contribution in [2.75, 3.05) is 37.6 Å². The normalized spacial score (nSPS) is 20.6. The quantitative estimate of drug-likeness (QED) is 0.747. The zero-order chi connectivity index (χ0) is 21.3. The fourth-order valence-electron chi connectivity index (χ4n) is 4.00. The molecule has 2 aliphatic heterocycles. The van der Waals surface area contributed by atoms with Gasteiger partial charge in [0.25, 0.3) is 0 Å². The Morgan fingerprint density at radius 2 is 1.57 bits per heavy atom. The summed E-state index contributed by atoms with van der Waals surface area (Å²) in [6.07, 6.45) is 0.190. The van der Waals surface area contributed by atoms with Gasteiger partial charge >= 0.3 is 0 Å². The van der Waals surface area contributed by atoms with Gasteiger partial charge in [0.15, 0.2) is 0 Å². The first-order chi connectivity index (χ1) is 14.4. The minimum Gasteiger partial charge on any atom is -0.340 e. The smallest absolute Gasteiger partial charge is 0.243 e. The molecule has 2 amide bonds. The SMILES string of the molecule is Cc1ccc(S(=O)(=O)N2CCN(C(=O)C3CC(=O)N(c4ccccc4)C3)CC2)cc1. The van der Waals surface area contributed by atoms with Crippen LogP contribution < -0.4 is 4.90 Å². The number of nitrogens with zero attached hydrogens (tertiary/aromatic N) is 3. The number of rotatable bonds is 4. The minimum atomic E-state index is -3.57. The zero-order valence-electron chi connectivity index (χ0n) is 16.9. The predicted octanol–water partition coefficient (Wildman–Crippen LogP) is 1.88. The number of piperazine rings is 1. The van der Waals surface area contributed by atoms with Gasteiger partial charge in [0, 0.05) is 44.8 Å². The van der Waals surface area contributed by atoms with Crippen molar-refractivity contribution >= 4 is 27.5 Å². The lowest BCUT2D eigenvalue weighted by Gasteiger charge is -2.35. The lowest BCUT2D eigenvalue weighted by molar-refractivity contribution is -0.136. The molecule has 0 aromatic heterocycles. The lowest BCUT2D eigenvalue weighted by atomic mass is 10.1. The molecule has 2 aromatic rings. The highest BCUT2D eigenvalue weighted by molar-refractivity contribution is 7.89. The fourth-order valence-corrected chi connectivity index (χ4v) is 5.42. The van der Waals surface area contributed by atoms with Crippen LogP contribution >= 0.6 is 0 Å². The van der Waals surface area contributed by atoms with Gasteiger partial charge in [-0.05, 0) is 31.2 Å². The molecule has 1 unspecified atom stereocenters. The van der Waals surface area contributed by atoms with E-state index in [2.05, 4.69) is 0 Å². The van der Waals surface area contributed by atoms with Crippen LogP contribution in [0.4, 0.5) is 5.69 Å². The molecule has 2 aromatic carbocycles. The lowest BCUT2D eigenvalue weighted by Crippen LogP contribution is -2.52. The van der Waals surface area contributed by atoms with Crippen molar-refractivity contribution in [1.82, 2.24) is 9.21 Å². The molecule has 7 nitrogen and oxygen atoms in total. The van der Waals surface area contributed by atoms with E-state index in [1.165, 1.54) is 4.31 Å². The summed E-state index contributed by atoms with van der Waals surface area (Å²) in [4.78, 5) is 29.0. The second-order valence-electron chi connectivity index (χ2n) is 7.78. The number of amides is 2. The molecule has 4 rings (SSSR count). The topological polar surface area (TPSA) is 78.0 Å². The summed E-state index contributed by atoms with van der Waals surface area (Å²) in [5.74, 6) is -0.521.